The Kier molecular flexibility index (Phi) is 7.49. The molecule has 30 heavy (non-hydrogen) atoms. The molecule has 3 rings (SSSR count). The van der Waals surface area contributed by atoms with Crippen LogP contribution >= 0.6 is 0 Å². The summed E-state index contributed by atoms with van der Waals surface area (Å²) in [5, 5.41) is 10.2. The van der Waals surface area contributed by atoms with E-state index < -0.39 is 0 Å². The monoisotopic (exact) mass is 412 g/mol. The molecule has 1 atom stereocenters. The Labute approximate surface area is 178 Å². The molecule has 0 radical (unpaired) electrons. The van der Waals surface area contributed by atoms with E-state index in [1.54, 1.807) is 7.11 Å². The molecule has 1 unspecified atom stereocenters. The number of nitrogens with one attached hydrogen (secondary N) is 2. The average molecular weight is 413 g/mol. The third kappa shape index (κ3) is 6.08. The van der Waals surface area contributed by atoms with Gasteiger partial charge in [-0.2, -0.15) is 5.10 Å². The highest BCUT2D eigenvalue weighted by atomic mass is 16.5. The van der Waals surface area contributed by atoms with Crippen LogP contribution in [-0.2, 0) is 17.6 Å². The lowest BCUT2D eigenvalue weighted by Crippen LogP contribution is -2.44. The van der Waals surface area contributed by atoms with Crippen molar-refractivity contribution in [2.45, 2.75) is 39.5 Å². The van der Waals surface area contributed by atoms with Crippen LogP contribution in [0.3, 0.4) is 0 Å². The minimum absolute atomic E-state index is 0.00533. The van der Waals surface area contributed by atoms with Gasteiger partial charge in [0.15, 0.2) is 0 Å². The second-order valence-electron chi connectivity index (χ2n) is 8.46. The van der Waals surface area contributed by atoms with Gasteiger partial charge in [0.1, 0.15) is 11.4 Å². The number of hydrogen-bond donors (Lipinski definition) is 2. The normalized spacial score (nSPS) is 16.5. The van der Waals surface area contributed by atoms with Crippen molar-refractivity contribution in [3.63, 3.8) is 0 Å². The van der Waals surface area contributed by atoms with Gasteiger partial charge in [0.05, 0.1) is 13.5 Å². The Morgan fingerprint density at radius 2 is 2.07 bits per heavy atom. The van der Waals surface area contributed by atoms with Crippen LogP contribution in [0, 0.1) is 11.8 Å². The fraction of sp³-hybridized carbons (Fsp3) is 0.522. The topological polar surface area (TPSA) is 87.3 Å². The third-order valence-electron chi connectivity index (χ3n) is 5.40. The molecule has 1 aliphatic rings. The fourth-order valence-electron chi connectivity index (χ4n) is 3.84. The molecule has 0 saturated carbocycles. The van der Waals surface area contributed by atoms with Crippen LogP contribution in [-0.4, -0.2) is 53.7 Å². The zero-order valence-electron chi connectivity index (χ0n) is 18.1. The quantitative estimate of drug-likeness (QED) is 0.698. The number of benzene rings is 1. The third-order valence-corrected chi connectivity index (χ3v) is 5.40. The van der Waals surface area contributed by atoms with Crippen molar-refractivity contribution in [2.75, 3.05) is 26.7 Å². The molecule has 162 valence electrons. The number of piperidine rings is 1. The predicted molar refractivity (Wildman–Crippen MR) is 115 cm³/mol. The average Bonchev–Trinajstić information content (AvgIpc) is 3.20. The van der Waals surface area contributed by atoms with Crippen LogP contribution in [0.4, 0.5) is 0 Å². The number of aromatic nitrogens is 2. The zero-order chi connectivity index (χ0) is 21.5. The molecule has 2 aromatic rings. The van der Waals surface area contributed by atoms with Crippen LogP contribution in [0.25, 0.3) is 0 Å². The first-order chi connectivity index (χ1) is 14.4. The Balaban J connectivity index is 1.47. The molecule has 0 aliphatic carbocycles. The van der Waals surface area contributed by atoms with Gasteiger partial charge in [-0.3, -0.25) is 14.7 Å². The van der Waals surface area contributed by atoms with Crippen LogP contribution < -0.4 is 10.1 Å². The summed E-state index contributed by atoms with van der Waals surface area (Å²) in [6.07, 6.45) is 3.16. The molecule has 0 bridgehead atoms. The summed E-state index contributed by atoms with van der Waals surface area (Å²) in [4.78, 5) is 27.0. The number of likely N-dealkylation sites (tertiary alicyclic amines) is 1. The zero-order valence-corrected chi connectivity index (χ0v) is 18.1. The molecule has 7 nitrogen and oxygen atoms in total. The van der Waals surface area contributed by atoms with Crippen molar-refractivity contribution < 1.29 is 14.3 Å². The van der Waals surface area contributed by atoms with E-state index in [1.165, 1.54) is 0 Å². The SMILES string of the molecule is COc1ccc(CC(=O)NCC2CCCN(C(=O)c3cc(CC(C)C)[nH]n3)C2)cc1. The molecular formula is C23H32N4O3. The van der Waals surface area contributed by atoms with E-state index in [0.29, 0.717) is 31.1 Å². The molecule has 1 aromatic carbocycles. The minimum atomic E-state index is -0.0319. The number of H-pyrrole nitrogens is 1. The van der Waals surface area contributed by atoms with Gasteiger partial charge in [-0.15, -0.1) is 0 Å². The molecule has 1 aromatic heterocycles. The summed E-state index contributed by atoms with van der Waals surface area (Å²) in [7, 11) is 1.62. The van der Waals surface area contributed by atoms with Crippen LogP contribution in [0.5, 0.6) is 5.75 Å². The largest absolute Gasteiger partial charge is 0.497 e. The summed E-state index contributed by atoms with van der Waals surface area (Å²) in [6, 6.07) is 9.37. The number of methoxy groups -OCH3 is 1. The smallest absolute Gasteiger partial charge is 0.274 e. The fourth-order valence-corrected chi connectivity index (χ4v) is 3.84. The van der Waals surface area contributed by atoms with Crippen LogP contribution in [0.1, 0.15) is 48.4 Å². The molecule has 0 spiro atoms. The second-order valence-corrected chi connectivity index (χ2v) is 8.46. The maximum absolute atomic E-state index is 12.8. The lowest BCUT2D eigenvalue weighted by molar-refractivity contribution is -0.120. The van der Waals surface area contributed by atoms with Gasteiger partial charge in [-0.05, 0) is 54.9 Å². The van der Waals surface area contributed by atoms with Crippen molar-refractivity contribution in [2.24, 2.45) is 11.8 Å². The number of aromatic amines is 1. The Bertz CT molecular complexity index is 844. The standard InChI is InChI=1S/C23H32N4O3/c1-16(2)11-19-13-21(26-25-19)23(29)27-10-4-5-18(15-27)14-24-22(28)12-17-6-8-20(30-3)9-7-17/h6-9,13,16,18H,4-5,10-12,14-15H2,1-3H3,(H,24,28)(H,25,26). The summed E-state index contributed by atoms with van der Waals surface area (Å²) in [6.45, 7) is 6.24. The number of carbonyl (C=O) groups excluding carboxylic acids is 2. The molecule has 7 heteroatoms. The van der Waals surface area contributed by atoms with E-state index in [9.17, 15) is 9.59 Å². The lowest BCUT2D eigenvalue weighted by atomic mass is 9.97. The van der Waals surface area contributed by atoms with Gasteiger partial charge in [0.2, 0.25) is 5.91 Å². The molecule has 2 heterocycles. The summed E-state index contributed by atoms with van der Waals surface area (Å²) in [5.74, 6) is 1.51. The van der Waals surface area contributed by atoms with E-state index in [1.807, 2.05) is 35.2 Å². The summed E-state index contributed by atoms with van der Waals surface area (Å²) >= 11 is 0. The van der Waals surface area contributed by atoms with E-state index in [-0.39, 0.29) is 17.7 Å². The number of carbonyl (C=O) groups is 2. The molecule has 1 saturated heterocycles. The second kappa shape index (κ2) is 10.3. The molecule has 1 fully saturated rings. The molecular weight excluding hydrogens is 380 g/mol. The van der Waals surface area contributed by atoms with E-state index in [4.69, 9.17) is 4.74 Å². The maximum Gasteiger partial charge on any atom is 0.274 e. The predicted octanol–water partition coefficient (Wildman–Crippen LogP) is 2.83. The molecule has 2 amide bonds. The first-order valence-electron chi connectivity index (χ1n) is 10.7. The first kappa shape index (κ1) is 21.9. The first-order valence-corrected chi connectivity index (χ1v) is 10.7. The van der Waals surface area contributed by atoms with E-state index in [0.717, 1.165) is 42.8 Å². The minimum Gasteiger partial charge on any atom is -0.497 e. The summed E-state index contributed by atoms with van der Waals surface area (Å²) in [5.41, 5.74) is 2.42. The highest BCUT2D eigenvalue weighted by molar-refractivity contribution is 5.92. The van der Waals surface area contributed by atoms with Crippen molar-refractivity contribution in [3.05, 3.63) is 47.3 Å². The van der Waals surface area contributed by atoms with Gasteiger partial charge in [-0.25, -0.2) is 0 Å². The number of amides is 2. The Morgan fingerprint density at radius 3 is 2.77 bits per heavy atom. The van der Waals surface area contributed by atoms with E-state index >= 15 is 0 Å². The van der Waals surface area contributed by atoms with Gasteiger partial charge in [0.25, 0.3) is 5.91 Å². The van der Waals surface area contributed by atoms with Crippen LogP contribution in [0.15, 0.2) is 30.3 Å². The maximum atomic E-state index is 12.8. The van der Waals surface area contributed by atoms with Crippen molar-refractivity contribution in [3.8, 4) is 5.75 Å². The highest BCUT2D eigenvalue weighted by Crippen LogP contribution is 2.19. The number of rotatable bonds is 8. The van der Waals surface area contributed by atoms with E-state index in [2.05, 4.69) is 29.4 Å². The van der Waals surface area contributed by atoms with Gasteiger partial charge in [-0.1, -0.05) is 26.0 Å². The summed E-state index contributed by atoms with van der Waals surface area (Å²) < 4.78 is 5.14. The molecule has 2 N–H and O–H groups in total. The highest BCUT2D eigenvalue weighted by Gasteiger charge is 2.26. The number of hydrogen-bond acceptors (Lipinski definition) is 4. The van der Waals surface area contributed by atoms with Crippen molar-refractivity contribution in [1.29, 1.82) is 0 Å². The lowest BCUT2D eigenvalue weighted by Gasteiger charge is -2.32. The Hall–Kier alpha value is -2.83. The number of nitrogens with zero attached hydrogens (tertiary/aromatic N) is 2. The van der Waals surface area contributed by atoms with Gasteiger partial charge in [0, 0.05) is 25.3 Å². The van der Waals surface area contributed by atoms with Gasteiger partial charge >= 0.3 is 0 Å². The molecule has 1 aliphatic heterocycles. The number of ether oxygens (including phenoxy) is 1. The van der Waals surface area contributed by atoms with Crippen LogP contribution in [0.2, 0.25) is 0 Å². The van der Waals surface area contributed by atoms with Crippen molar-refractivity contribution >= 4 is 11.8 Å². The van der Waals surface area contributed by atoms with Crippen molar-refractivity contribution in [1.82, 2.24) is 20.4 Å². The van der Waals surface area contributed by atoms with Gasteiger partial charge < -0.3 is 15.0 Å². The Morgan fingerprint density at radius 1 is 1.30 bits per heavy atom.